The second-order valence-corrected chi connectivity index (χ2v) is 6.63. The number of aromatic amines is 1. The first-order chi connectivity index (χ1) is 10.0. The minimum absolute atomic E-state index is 0. The van der Waals surface area contributed by atoms with Gasteiger partial charge in [-0.3, -0.25) is 5.10 Å². The number of nitrogens with one attached hydrogen (secondary N) is 2. The highest BCUT2D eigenvalue weighted by molar-refractivity contribution is 7.89. The monoisotopic (exact) mass is 352 g/mol. The lowest BCUT2D eigenvalue weighted by molar-refractivity contribution is 0.0521. The molecule has 1 unspecified atom stereocenters. The molecule has 2 rings (SSSR count). The van der Waals surface area contributed by atoms with E-state index in [0.717, 1.165) is 12.8 Å². The van der Waals surface area contributed by atoms with Gasteiger partial charge in [0.25, 0.3) is 10.0 Å². The highest BCUT2D eigenvalue weighted by atomic mass is 35.5. The standard InChI is InChI=1S/C12H20N4O4S.ClH/c1-3-20-12(17)10-8-14-15-11(10)21(18,19)16-6-4-5-9(16)7-13-2;/h8-9,13H,3-7H2,1-2H3,(H,14,15);1H. The molecule has 1 aliphatic heterocycles. The third-order valence-electron chi connectivity index (χ3n) is 3.43. The van der Waals surface area contributed by atoms with E-state index in [-0.39, 0.29) is 35.6 Å². The Labute approximate surface area is 136 Å². The topological polar surface area (TPSA) is 104 Å². The number of sulfonamides is 1. The number of carbonyl (C=O) groups excluding carboxylic acids is 1. The summed E-state index contributed by atoms with van der Waals surface area (Å²) in [4.78, 5) is 11.8. The van der Waals surface area contributed by atoms with Gasteiger partial charge in [-0.05, 0) is 26.8 Å². The van der Waals surface area contributed by atoms with Crippen molar-refractivity contribution in [1.29, 1.82) is 0 Å². The average Bonchev–Trinajstić information content (AvgIpc) is 3.08. The van der Waals surface area contributed by atoms with E-state index in [9.17, 15) is 13.2 Å². The van der Waals surface area contributed by atoms with E-state index in [1.807, 2.05) is 0 Å². The molecular formula is C12H21ClN4O4S. The minimum Gasteiger partial charge on any atom is -0.462 e. The van der Waals surface area contributed by atoms with Crippen LogP contribution in [0, 0.1) is 0 Å². The van der Waals surface area contributed by atoms with Gasteiger partial charge < -0.3 is 10.1 Å². The number of carbonyl (C=O) groups is 1. The molecule has 0 radical (unpaired) electrons. The van der Waals surface area contributed by atoms with E-state index < -0.39 is 16.0 Å². The van der Waals surface area contributed by atoms with Gasteiger partial charge in [0.2, 0.25) is 0 Å². The summed E-state index contributed by atoms with van der Waals surface area (Å²) in [5.41, 5.74) is -0.0491. The van der Waals surface area contributed by atoms with Gasteiger partial charge in [0, 0.05) is 19.1 Å². The SMILES string of the molecule is CCOC(=O)c1cn[nH]c1S(=O)(=O)N1CCCC1CNC.Cl. The van der Waals surface area contributed by atoms with Crippen LogP contribution in [0.15, 0.2) is 11.2 Å². The Balaban J connectivity index is 0.00000242. The van der Waals surface area contributed by atoms with E-state index in [2.05, 4.69) is 15.5 Å². The molecule has 126 valence electrons. The second kappa shape index (κ2) is 7.91. The fraction of sp³-hybridized carbons (Fsp3) is 0.667. The number of H-pyrrole nitrogens is 1. The number of rotatable bonds is 6. The van der Waals surface area contributed by atoms with E-state index in [0.29, 0.717) is 13.1 Å². The first-order valence-corrected chi connectivity index (χ1v) is 8.33. The Kier molecular flexibility index (Phi) is 6.79. The number of ether oxygens (including phenoxy) is 1. The quantitative estimate of drug-likeness (QED) is 0.717. The summed E-state index contributed by atoms with van der Waals surface area (Å²) in [6, 6.07) is -0.113. The van der Waals surface area contributed by atoms with Gasteiger partial charge in [-0.25, -0.2) is 13.2 Å². The summed E-state index contributed by atoms with van der Waals surface area (Å²) in [6.45, 7) is 2.85. The van der Waals surface area contributed by atoms with Crippen molar-refractivity contribution >= 4 is 28.4 Å². The zero-order chi connectivity index (χ0) is 15.5. The fourth-order valence-electron chi connectivity index (χ4n) is 2.51. The van der Waals surface area contributed by atoms with E-state index in [4.69, 9.17) is 4.74 Å². The lowest BCUT2D eigenvalue weighted by atomic mass is 10.2. The van der Waals surface area contributed by atoms with E-state index in [1.165, 1.54) is 10.5 Å². The normalized spacial score (nSPS) is 18.9. The van der Waals surface area contributed by atoms with Crippen LogP contribution in [-0.4, -0.2) is 61.7 Å². The largest absolute Gasteiger partial charge is 0.462 e. The Hall–Kier alpha value is -1.16. The molecule has 1 aromatic heterocycles. The van der Waals surface area contributed by atoms with Crippen LogP contribution in [0.25, 0.3) is 0 Å². The molecule has 22 heavy (non-hydrogen) atoms. The molecule has 8 nitrogen and oxygen atoms in total. The Morgan fingerprint density at radius 2 is 2.32 bits per heavy atom. The van der Waals surface area contributed by atoms with Crippen molar-refractivity contribution in [3.05, 3.63) is 11.8 Å². The van der Waals surface area contributed by atoms with Crippen molar-refractivity contribution in [2.45, 2.75) is 30.8 Å². The summed E-state index contributed by atoms with van der Waals surface area (Å²) in [5.74, 6) is -0.686. The lowest BCUT2D eigenvalue weighted by Gasteiger charge is -2.23. The predicted octanol–water partition coefficient (Wildman–Crippen LogP) is 0.381. The first-order valence-electron chi connectivity index (χ1n) is 6.89. The number of hydrogen-bond donors (Lipinski definition) is 2. The van der Waals surface area contributed by atoms with Gasteiger partial charge in [0.1, 0.15) is 5.56 Å². The van der Waals surface area contributed by atoms with Crippen molar-refractivity contribution in [2.24, 2.45) is 0 Å². The van der Waals surface area contributed by atoms with E-state index >= 15 is 0 Å². The molecule has 1 aromatic rings. The van der Waals surface area contributed by atoms with Gasteiger partial charge in [-0.2, -0.15) is 9.40 Å². The molecule has 0 saturated carbocycles. The molecule has 1 fully saturated rings. The molecule has 2 heterocycles. The van der Waals surface area contributed by atoms with E-state index in [1.54, 1.807) is 14.0 Å². The molecular weight excluding hydrogens is 332 g/mol. The molecule has 10 heteroatoms. The summed E-state index contributed by atoms with van der Waals surface area (Å²) in [6.07, 6.45) is 2.78. The van der Waals surface area contributed by atoms with Crippen LogP contribution in [0.1, 0.15) is 30.1 Å². The molecule has 0 bridgehead atoms. The fourth-order valence-corrected chi connectivity index (χ4v) is 4.27. The highest BCUT2D eigenvalue weighted by Gasteiger charge is 2.38. The van der Waals surface area contributed by atoms with Gasteiger partial charge in [-0.15, -0.1) is 12.4 Å². The van der Waals surface area contributed by atoms with Gasteiger partial charge in [0.05, 0.1) is 12.8 Å². The molecule has 0 amide bonds. The minimum atomic E-state index is -3.79. The number of aromatic nitrogens is 2. The van der Waals surface area contributed by atoms with Crippen LogP contribution in [0.5, 0.6) is 0 Å². The summed E-state index contributed by atoms with van der Waals surface area (Å²) in [5, 5.41) is 8.91. The molecule has 2 N–H and O–H groups in total. The number of halogens is 1. The van der Waals surface area contributed by atoms with Crippen LogP contribution < -0.4 is 5.32 Å². The van der Waals surface area contributed by atoms with Crippen molar-refractivity contribution in [3.8, 4) is 0 Å². The first kappa shape index (κ1) is 18.9. The maximum atomic E-state index is 12.7. The van der Waals surface area contributed by atoms with Crippen molar-refractivity contribution in [3.63, 3.8) is 0 Å². The van der Waals surface area contributed by atoms with Crippen LogP contribution >= 0.6 is 12.4 Å². The molecule has 1 saturated heterocycles. The van der Waals surface area contributed by atoms with Crippen LogP contribution in [0.3, 0.4) is 0 Å². The molecule has 1 aliphatic rings. The molecule has 0 aromatic carbocycles. The van der Waals surface area contributed by atoms with Gasteiger partial charge in [0.15, 0.2) is 5.03 Å². The maximum absolute atomic E-state index is 12.7. The third-order valence-corrected chi connectivity index (χ3v) is 5.35. The van der Waals surface area contributed by atoms with Crippen molar-refractivity contribution < 1.29 is 17.9 Å². The molecule has 1 atom stereocenters. The van der Waals surface area contributed by atoms with Crippen molar-refractivity contribution in [1.82, 2.24) is 19.8 Å². The van der Waals surface area contributed by atoms with Gasteiger partial charge >= 0.3 is 5.97 Å². The van der Waals surface area contributed by atoms with Crippen molar-refractivity contribution in [2.75, 3.05) is 26.7 Å². The van der Waals surface area contributed by atoms with Crippen LogP contribution in [0.4, 0.5) is 0 Å². The lowest BCUT2D eigenvalue weighted by Crippen LogP contribution is -2.41. The summed E-state index contributed by atoms with van der Waals surface area (Å²) in [7, 11) is -2.01. The van der Waals surface area contributed by atoms with Gasteiger partial charge in [-0.1, -0.05) is 0 Å². The Bertz CT molecular complexity index is 604. The number of likely N-dealkylation sites (N-methyl/N-ethyl adjacent to an activating group) is 1. The zero-order valence-electron chi connectivity index (χ0n) is 12.5. The second-order valence-electron chi connectivity index (χ2n) is 4.80. The average molecular weight is 353 g/mol. The smallest absolute Gasteiger partial charge is 0.342 e. The molecule has 0 spiro atoms. The zero-order valence-corrected chi connectivity index (χ0v) is 14.2. The van der Waals surface area contributed by atoms with Crippen LogP contribution in [0.2, 0.25) is 0 Å². The number of hydrogen-bond acceptors (Lipinski definition) is 6. The highest BCUT2D eigenvalue weighted by Crippen LogP contribution is 2.26. The molecule has 0 aliphatic carbocycles. The summed E-state index contributed by atoms with van der Waals surface area (Å²) < 4.78 is 31.7. The third kappa shape index (κ3) is 3.60. The maximum Gasteiger partial charge on any atom is 0.342 e. The summed E-state index contributed by atoms with van der Waals surface area (Å²) >= 11 is 0. The Morgan fingerprint density at radius 3 is 2.95 bits per heavy atom. The van der Waals surface area contributed by atoms with Crippen LogP contribution in [-0.2, 0) is 14.8 Å². The predicted molar refractivity (Wildman–Crippen MR) is 82.6 cm³/mol. The number of esters is 1. The Morgan fingerprint density at radius 1 is 1.59 bits per heavy atom. The number of nitrogens with zero attached hydrogens (tertiary/aromatic N) is 2.